The molecule has 0 saturated carbocycles. The maximum atomic E-state index is 12.3. The summed E-state index contributed by atoms with van der Waals surface area (Å²) < 4.78 is 5.49. The van der Waals surface area contributed by atoms with E-state index in [4.69, 9.17) is 4.74 Å². The fourth-order valence-corrected chi connectivity index (χ4v) is 2.89. The van der Waals surface area contributed by atoms with E-state index in [2.05, 4.69) is 36.0 Å². The first-order valence-electron chi connectivity index (χ1n) is 8.57. The van der Waals surface area contributed by atoms with E-state index in [0.29, 0.717) is 6.54 Å². The first-order valence-corrected chi connectivity index (χ1v) is 8.57. The number of hydrogen-bond donors (Lipinski definition) is 1. The van der Waals surface area contributed by atoms with Crippen molar-refractivity contribution >= 4 is 6.03 Å². The molecule has 0 radical (unpaired) electrons. The molecule has 0 aliphatic carbocycles. The summed E-state index contributed by atoms with van der Waals surface area (Å²) in [6, 6.07) is 4.08. The van der Waals surface area contributed by atoms with Crippen molar-refractivity contribution in [3.8, 4) is 0 Å². The van der Waals surface area contributed by atoms with Gasteiger partial charge >= 0.3 is 6.03 Å². The highest BCUT2D eigenvalue weighted by Crippen LogP contribution is 2.21. The van der Waals surface area contributed by atoms with E-state index in [9.17, 15) is 4.79 Å². The predicted molar refractivity (Wildman–Crippen MR) is 94.7 cm³/mol. The summed E-state index contributed by atoms with van der Waals surface area (Å²) >= 11 is 0. The number of nitrogens with zero attached hydrogens (tertiary/aromatic N) is 3. The Kier molecular flexibility index (Phi) is 6.57. The molecular formula is C18H30N4O2. The third-order valence-corrected chi connectivity index (χ3v) is 4.50. The molecule has 1 atom stereocenters. The Morgan fingerprint density at radius 2 is 1.88 bits per heavy atom. The zero-order valence-electron chi connectivity index (χ0n) is 15.3. The Labute approximate surface area is 145 Å². The van der Waals surface area contributed by atoms with E-state index in [0.717, 1.165) is 32.7 Å². The van der Waals surface area contributed by atoms with Crippen molar-refractivity contribution in [2.75, 3.05) is 39.8 Å². The molecule has 0 spiro atoms. The lowest BCUT2D eigenvalue weighted by atomic mass is 9.89. The molecule has 6 heteroatoms. The summed E-state index contributed by atoms with van der Waals surface area (Å²) in [6.45, 7) is 11.1. The van der Waals surface area contributed by atoms with Crippen molar-refractivity contribution in [2.24, 2.45) is 5.41 Å². The van der Waals surface area contributed by atoms with Crippen molar-refractivity contribution in [3.05, 3.63) is 30.1 Å². The molecule has 1 saturated heterocycles. The van der Waals surface area contributed by atoms with Crippen molar-refractivity contribution in [3.63, 3.8) is 0 Å². The summed E-state index contributed by atoms with van der Waals surface area (Å²) in [5.41, 5.74) is 1.27. The van der Waals surface area contributed by atoms with Gasteiger partial charge in [0, 0.05) is 58.8 Å². The Balaban J connectivity index is 1.74. The number of amides is 2. The molecule has 0 bridgehead atoms. The van der Waals surface area contributed by atoms with E-state index in [1.54, 1.807) is 7.11 Å². The zero-order valence-corrected chi connectivity index (χ0v) is 15.3. The molecule has 134 valence electrons. The van der Waals surface area contributed by atoms with Gasteiger partial charge in [-0.15, -0.1) is 0 Å². The van der Waals surface area contributed by atoms with Gasteiger partial charge in [-0.2, -0.15) is 0 Å². The van der Waals surface area contributed by atoms with Crippen molar-refractivity contribution < 1.29 is 9.53 Å². The molecular weight excluding hydrogens is 304 g/mol. The fraction of sp³-hybridized carbons (Fsp3) is 0.667. The van der Waals surface area contributed by atoms with E-state index in [-0.39, 0.29) is 17.6 Å². The third-order valence-electron chi connectivity index (χ3n) is 4.50. The van der Waals surface area contributed by atoms with Crippen LogP contribution in [0.2, 0.25) is 0 Å². The molecule has 1 N–H and O–H groups in total. The van der Waals surface area contributed by atoms with Crippen LogP contribution in [0.25, 0.3) is 0 Å². The zero-order chi connectivity index (χ0) is 17.6. The fourth-order valence-electron chi connectivity index (χ4n) is 2.89. The molecule has 1 fully saturated rings. The van der Waals surface area contributed by atoms with Gasteiger partial charge in [0.05, 0.1) is 6.10 Å². The molecule has 2 amide bonds. The van der Waals surface area contributed by atoms with Crippen molar-refractivity contribution in [1.29, 1.82) is 0 Å². The van der Waals surface area contributed by atoms with Crippen LogP contribution in [0.4, 0.5) is 4.79 Å². The molecule has 1 aromatic rings. The number of carbonyl (C=O) groups is 1. The summed E-state index contributed by atoms with van der Waals surface area (Å²) in [5.74, 6) is 0. The van der Waals surface area contributed by atoms with Crippen LogP contribution in [0, 0.1) is 5.41 Å². The smallest absolute Gasteiger partial charge is 0.317 e. The topological polar surface area (TPSA) is 57.7 Å². The maximum absolute atomic E-state index is 12.3. The number of nitrogens with one attached hydrogen (secondary N) is 1. The number of ether oxygens (including phenoxy) is 1. The second-order valence-corrected chi connectivity index (χ2v) is 7.40. The molecule has 0 aromatic carbocycles. The van der Waals surface area contributed by atoms with Gasteiger partial charge in [-0.3, -0.25) is 9.88 Å². The monoisotopic (exact) mass is 334 g/mol. The lowest BCUT2D eigenvalue weighted by molar-refractivity contribution is 0.0181. The molecule has 1 aliphatic rings. The first-order chi connectivity index (χ1) is 11.4. The Bertz CT molecular complexity index is 508. The second-order valence-electron chi connectivity index (χ2n) is 7.40. The maximum Gasteiger partial charge on any atom is 0.317 e. The standard InChI is InChI=1S/C18H30N4O2/c1-18(2,3)16(24-4)13-20-17(23)22-11-9-21(10-12-22)14-15-5-7-19-8-6-15/h5-8,16H,9-14H2,1-4H3,(H,20,23)/t16-/m0/s1. The average molecular weight is 334 g/mol. The SMILES string of the molecule is CO[C@@H](CNC(=O)N1CCN(Cc2ccncc2)CC1)C(C)(C)C. The summed E-state index contributed by atoms with van der Waals surface area (Å²) in [7, 11) is 1.69. The Morgan fingerprint density at radius 3 is 2.42 bits per heavy atom. The summed E-state index contributed by atoms with van der Waals surface area (Å²) in [4.78, 5) is 20.6. The minimum Gasteiger partial charge on any atom is -0.379 e. The average Bonchev–Trinajstić information content (AvgIpc) is 2.55. The normalized spacial score (nSPS) is 17.6. The molecule has 1 aliphatic heterocycles. The largest absolute Gasteiger partial charge is 0.379 e. The third kappa shape index (κ3) is 5.46. The molecule has 2 rings (SSSR count). The van der Waals surface area contributed by atoms with E-state index >= 15 is 0 Å². The predicted octanol–water partition coefficient (Wildman–Crippen LogP) is 1.97. The lowest BCUT2D eigenvalue weighted by Crippen LogP contribution is -2.53. The number of methoxy groups -OCH3 is 1. The number of urea groups is 1. The van der Waals surface area contributed by atoms with Crippen LogP contribution < -0.4 is 5.32 Å². The number of hydrogen-bond acceptors (Lipinski definition) is 4. The van der Waals surface area contributed by atoms with Crippen molar-refractivity contribution in [1.82, 2.24) is 20.1 Å². The molecule has 2 heterocycles. The van der Waals surface area contributed by atoms with Gasteiger partial charge in [0.15, 0.2) is 0 Å². The quantitative estimate of drug-likeness (QED) is 0.894. The minimum absolute atomic E-state index is 0.00450. The van der Waals surface area contributed by atoms with Crippen LogP contribution in [0.5, 0.6) is 0 Å². The lowest BCUT2D eigenvalue weighted by Gasteiger charge is -2.35. The summed E-state index contributed by atoms with van der Waals surface area (Å²) in [6.07, 6.45) is 3.65. The number of aromatic nitrogens is 1. The van der Waals surface area contributed by atoms with E-state index in [1.807, 2.05) is 29.4 Å². The van der Waals surface area contributed by atoms with Gasteiger partial charge in [0.1, 0.15) is 0 Å². The summed E-state index contributed by atoms with van der Waals surface area (Å²) in [5, 5.41) is 3.01. The number of rotatable bonds is 5. The van der Waals surface area contributed by atoms with E-state index < -0.39 is 0 Å². The van der Waals surface area contributed by atoms with Crippen LogP contribution in [-0.2, 0) is 11.3 Å². The highest BCUT2D eigenvalue weighted by Gasteiger charge is 2.26. The molecule has 1 aromatic heterocycles. The van der Waals surface area contributed by atoms with Gasteiger partial charge in [0.2, 0.25) is 0 Å². The molecule has 0 unspecified atom stereocenters. The van der Waals surface area contributed by atoms with Crippen LogP contribution in [0.1, 0.15) is 26.3 Å². The van der Waals surface area contributed by atoms with Crippen LogP contribution in [-0.4, -0.2) is 66.8 Å². The second kappa shape index (κ2) is 8.44. The van der Waals surface area contributed by atoms with Gasteiger partial charge in [0.25, 0.3) is 0 Å². The van der Waals surface area contributed by atoms with Crippen LogP contribution >= 0.6 is 0 Å². The van der Waals surface area contributed by atoms with Gasteiger partial charge in [-0.25, -0.2) is 4.79 Å². The van der Waals surface area contributed by atoms with Crippen LogP contribution in [0.3, 0.4) is 0 Å². The minimum atomic E-state index is 0.00450. The Morgan fingerprint density at radius 1 is 1.25 bits per heavy atom. The highest BCUT2D eigenvalue weighted by atomic mass is 16.5. The van der Waals surface area contributed by atoms with Crippen molar-refractivity contribution in [2.45, 2.75) is 33.4 Å². The number of piperazine rings is 1. The van der Waals surface area contributed by atoms with Gasteiger partial charge in [-0.1, -0.05) is 20.8 Å². The van der Waals surface area contributed by atoms with E-state index in [1.165, 1.54) is 5.56 Å². The first kappa shape index (κ1) is 18.7. The highest BCUT2D eigenvalue weighted by molar-refractivity contribution is 5.74. The number of pyridine rings is 1. The van der Waals surface area contributed by atoms with Gasteiger partial charge < -0.3 is 15.0 Å². The number of carbonyl (C=O) groups excluding carboxylic acids is 1. The molecule has 24 heavy (non-hydrogen) atoms. The Hall–Kier alpha value is -1.66. The molecule has 6 nitrogen and oxygen atoms in total. The van der Waals surface area contributed by atoms with Gasteiger partial charge in [-0.05, 0) is 23.1 Å². The van der Waals surface area contributed by atoms with Crippen LogP contribution in [0.15, 0.2) is 24.5 Å².